The molecule has 0 aliphatic heterocycles. The molecule has 0 saturated heterocycles. The molecule has 0 saturated carbocycles. The van der Waals surface area contributed by atoms with Gasteiger partial charge in [-0.2, -0.15) is 0 Å². The van der Waals surface area contributed by atoms with Gasteiger partial charge in [-0.15, -0.1) is 0 Å². The Labute approximate surface area is 107 Å². The van der Waals surface area contributed by atoms with Crippen molar-refractivity contribution in [3.8, 4) is 0 Å². The molecule has 1 rings (SSSR count). The van der Waals surface area contributed by atoms with Crippen molar-refractivity contribution in [1.82, 2.24) is 0 Å². The van der Waals surface area contributed by atoms with E-state index < -0.39 is 0 Å². The van der Waals surface area contributed by atoms with Gasteiger partial charge in [-0.1, -0.05) is 64.5 Å². The van der Waals surface area contributed by atoms with Crippen LogP contribution >= 0.6 is 0 Å². The van der Waals surface area contributed by atoms with Crippen molar-refractivity contribution >= 4 is 0 Å². The van der Waals surface area contributed by atoms with Gasteiger partial charge in [0.25, 0.3) is 0 Å². The molecule has 0 radical (unpaired) electrons. The predicted molar refractivity (Wildman–Crippen MR) is 75.1 cm³/mol. The minimum Gasteiger partial charge on any atom is -0.393 e. The third-order valence-corrected chi connectivity index (χ3v) is 3.71. The zero-order valence-corrected chi connectivity index (χ0v) is 12.0. The van der Waals surface area contributed by atoms with E-state index in [2.05, 4.69) is 26.8 Å². The van der Waals surface area contributed by atoms with Gasteiger partial charge < -0.3 is 5.11 Å². The van der Waals surface area contributed by atoms with Gasteiger partial charge in [0, 0.05) is 0 Å². The van der Waals surface area contributed by atoms with Gasteiger partial charge in [0.15, 0.2) is 0 Å². The second-order valence-corrected chi connectivity index (χ2v) is 6.37. The quantitative estimate of drug-likeness (QED) is 0.497. The lowest BCUT2D eigenvalue weighted by molar-refractivity contribution is 0.119. The fraction of sp³-hybridized carbons (Fsp3) is 0.875. The molecule has 0 heterocycles. The highest BCUT2D eigenvalue weighted by Crippen LogP contribution is 2.35. The summed E-state index contributed by atoms with van der Waals surface area (Å²) < 4.78 is 0. The smallest absolute Gasteiger partial charge is 0.0585 e. The average molecular weight is 238 g/mol. The Morgan fingerprint density at radius 2 is 1.82 bits per heavy atom. The molecule has 0 aromatic rings. The van der Waals surface area contributed by atoms with Crippen molar-refractivity contribution in [2.75, 3.05) is 0 Å². The highest BCUT2D eigenvalue weighted by atomic mass is 16.3. The highest BCUT2D eigenvalue weighted by molar-refractivity contribution is 5.13. The van der Waals surface area contributed by atoms with Crippen LogP contribution in [0.15, 0.2) is 11.6 Å². The van der Waals surface area contributed by atoms with Gasteiger partial charge in [-0.25, -0.2) is 0 Å². The Balaban J connectivity index is 2.20. The molecule has 1 aliphatic carbocycles. The number of aliphatic hydroxyl groups excluding tert-OH is 1. The van der Waals surface area contributed by atoms with E-state index in [4.69, 9.17) is 0 Å². The highest BCUT2D eigenvalue weighted by Gasteiger charge is 2.25. The van der Waals surface area contributed by atoms with Crippen molar-refractivity contribution < 1.29 is 5.11 Å². The summed E-state index contributed by atoms with van der Waals surface area (Å²) >= 11 is 0. The van der Waals surface area contributed by atoms with Crippen LogP contribution in [0.5, 0.6) is 0 Å². The number of allylic oxidation sites excluding steroid dienone is 1. The van der Waals surface area contributed by atoms with Crippen LogP contribution in [-0.4, -0.2) is 11.2 Å². The summed E-state index contributed by atoms with van der Waals surface area (Å²) in [4.78, 5) is 0. The molecular weight excluding hydrogens is 208 g/mol. The molecule has 1 unspecified atom stereocenters. The summed E-state index contributed by atoms with van der Waals surface area (Å²) in [5.74, 6) is 0. The summed E-state index contributed by atoms with van der Waals surface area (Å²) in [6.45, 7) is 6.73. The van der Waals surface area contributed by atoms with Crippen molar-refractivity contribution in [2.24, 2.45) is 5.41 Å². The second-order valence-electron chi connectivity index (χ2n) is 6.37. The molecule has 0 amide bonds. The lowest BCUT2D eigenvalue weighted by atomic mass is 9.77. The Hall–Kier alpha value is -0.300. The van der Waals surface area contributed by atoms with Crippen LogP contribution in [0, 0.1) is 5.41 Å². The zero-order chi connectivity index (χ0) is 12.7. The standard InChI is InChI=1S/C16H30O/c1-4-5-6-7-8-9-10-14-11-15(17)13-16(2,3)12-14/h12,15,17H,4-11,13H2,1-3H3. The van der Waals surface area contributed by atoms with Crippen LogP contribution in [0.4, 0.5) is 0 Å². The first kappa shape index (κ1) is 14.8. The van der Waals surface area contributed by atoms with E-state index in [0.717, 1.165) is 12.8 Å². The Kier molecular flexibility index (Phi) is 6.26. The largest absolute Gasteiger partial charge is 0.393 e. The summed E-state index contributed by atoms with van der Waals surface area (Å²) in [6.07, 6.45) is 13.5. The topological polar surface area (TPSA) is 20.2 Å². The molecule has 0 fully saturated rings. The van der Waals surface area contributed by atoms with E-state index in [1.54, 1.807) is 0 Å². The third-order valence-electron chi connectivity index (χ3n) is 3.71. The first-order valence-electron chi connectivity index (χ1n) is 7.42. The monoisotopic (exact) mass is 238 g/mol. The maximum absolute atomic E-state index is 9.85. The fourth-order valence-corrected chi connectivity index (χ4v) is 2.96. The van der Waals surface area contributed by atoms with Crippen LogP contribution in [0.2, 0.25) is 0 Å². The summed E-state index contributed by atoms with van der Waals surface area (Å²) in [5.41, 5.74) is 1.69. The molecule has 1 aliphatic rings. The predicted octanol–water partition coefficient (Wildman–Crippen LogP) is 4.84. The number of hydrogen-bond donors (Lipinski definition) is 1. The first-order valence-corrected chi connectivity index (χ1v) is 7.42. The summed E-state index contributed by atoms with van der Waals surface area (Å²) in [6, 6.07) is 0. The molecule has 1 nitrogen and oxygen atoms in total. The molecule has 1 N–H and O–H groups in total. The molecule has 0 aromatic heterocycles. The summed E-state index contributed by atoms with van der Waals surface area (Å²) in [7, 11) is 0. The lowest BCUT2D eigenvalue weighted by Gasteiger charge is -2.31. The lowest BCUT2D eigenvalue weighted by Crippen LogP contribution is -2.24. The van der Waals surface area contributed by atoms with E-state index in [0.29, 0.717) is 0 Å². The van der Waals surface area contributed by atoms with E-state index >= 15 is 0 Å². The van der Waals surface area contributed by atoms with E-state index in [1.165, 1.54) is 50.5 Å². The normalized spacial score (nSPS) is 23.5. The average Bonchev–Trinajstić information content (AvgIpc) is 2.20. The molecule has 1 atom stereocenters. The Bertz CT molecular complexity index is 240. The third kappa shape index (κ3) is 6.26. The van der Waals surface area contributed by atoms with E-state index in [-0.39, 0.29) is 11.5 Å². The molecule has 0 aromatic carbocycles. The van der Waals surface area contributed by atoms with Crippen LogP contribution in [0.1, 0.15) is 78.6 Å². The number of aliphatic hydroxyl groups is 1. The molecule has 1 heteroatoms. The number of rotatable bonds is 7. The van der Waals surface area contributed by atoms with Crippen LogP contribution in [0.3, 0.4) is 0 Å². The zero-order valence-electron chi connectivity index (χ0n) is 12.0. The number of hydrogen-bond acceptors (Lipinski definition) is 1. The van der Waals surface area contributed by atoms with Gasteiger partial charge in [-0.3, -0.25) is 0 Å². The van der Waals surface area contributed by atoms with E-state index in [9.17, 15) is 5.11 Å². The van der Waals surface area contributed by atoms with Crippen molar-refractivity contribution in [1.29, 1.82) is 0 Å². The molecular formula is C16H30O. The van der Waals surface area contributed by atoms with Gasteiger partial charge in [0.1, 0.15) is 0 Å². The molecule has 0 spiro atoms. The van der Waals surface area contributed by atoms with Crippen molar-refractivity contribution in [2.45, 2.75) is 84.7 Å². The van der Waals surface area contributed by atoms with Gasteiger partial charge in [0.2, 0.25) is 0 Å². The fourth-order valence-electron chi connectivity index (χ4n) is 2.96. The number of unbranched alkanes of at least 4 members (excludes halogenated alkanes) is 5. The van der Waals surface area contributed by atoms with Crippen LogP contribution < -0.4 is 0 Å². The maximum Gasteiger partial charge on any atom is 0.0585 e. The SMILES string of the molecule is CCCCCCCCC1=CC(C)(C)CC(O)C1. The molecule has 100 valence electrons. The maximum atomic E-state index is 9.85. The summed E-state index contributed by atoms with van der Waals surface area (Å²) in [5, 5.41) is 9.85. The van der Waals surface area contributed by atoms with Gasteiger partial charge in [-0.05, 0) is 31.1 Å². The first-order chi connectivity index (χ1) is 8.03. The van der Waals surface area contributed by atoms with Crippen LogP contribution in [-0.2, 0) is 0 Å². The second kappa shape index (κ2) is 7.20. The minimum absolute atomic E-state index is 0.106. The minimum atomic E-state index is -0.106. The van der Waals surface area contributed by atoms with Gasteiger partial charge >= 0.3 is 0 Å². The molecule has 17 heavy (non-hydrogen) atoms. The Morgan fingerprint density at radius 1 is 1.18 bits per heavy atom. The van der Waals surface area contributed by atoms with Crippen LogP contribution in [0.25, 0.3) is 0 Å². The van der Waals surface area contributed by atoms with Gasteiger partial charge in [0.05, 0.1) is 6.10 Å². The Morgan fingerprint density at radius 3 is 2.47 bits per heavy atom. The van der Waals surface area contributed by atoms with E-state index in [1.807, 2.05) is 0 Å². The molecule has 0 bridgehead atoms. The van der Waals surface area contributed by atoms with Crippen molar-refractivity contribution in [3.63, 3.8) is 0 Å². The van der Waals surface area contributed by atoms with Crippen molar-refractivity contribution in [3.05, 3.63) is 11.6 Å².